The molecule has 0 unspecified atom stereocenters. The molecule has 1 saturated heterocycles. The first-order chi connectivity index (χ1) is 12.3. The highest BCUT2D eigenvalue weighted by Crippen LogP contribution is 2.25. The first-order valence-electron chi connectivity index (χ1n) is 8.63. The van der Waals surface area contributed by atoms with E-state index in [4.69, 9.17) is 0 Å². The molecule has 1 aliphatic heterocycles. The lowest BCUT2D eigenvalue weighted by atomic mass is 10.1. The van der Waals surface area contributed by atoms with Crippen LogP contribution in [-0.2, 0) is 6.54 Å². The third-order valence-electron chi connectivity index (χ3n) is 4.42. The number of hydrogen-bond donors (Lipinski definition) is 1. The van der Waals surface area contributed by atoms with Crippen LogP contribution in [0.3, 0.4) is 0 Å². The number of nitrogens with zero attached hydrogens (tertiary/aromatic N) is 3. The van der Waals surface area contributed by atoms with E-state index in [1.54, 1.807) is 6.20 Å². The van der Waals surface area contributed by atoms with Crippen molar-refractivity contribution in [1.29, 1.82) is 0 Å². The molecule has 4 rings (SSSR count). The average Bonchev–Trinajstić information content (AvgIpc) is 3.11. The molecule has 1 N–H and O–H groups in total. The molecule has 0 atom stereocenters. The summed E-state index contributed by atoms with van der Waals surface area (Å²) >= 11 is 1.51. The summed E-state index contributed by atoms with van der Waals surface area (Å²) in [5, 5.41) is 4.07. The van der Waals surface area contributed by atoms with E-state index < -0.39 is 0 Å². The Kier molecular flexibility index (Phi) is 4.61. The van der Waals surface area contributed by atoms with E-state index in [0.717, 1.165) is 39.7 Å². The SMILES string of the molecule is O=C(NCc1ccnc(N2CCCCC2)n1)c1cc2ccccc2s1. The third kappa shape index (κ3) is 3.64. The van der Waals surface area contributed by atoms with E-state index in [2.05, 4.69) is 20.2 Å². The van der Waals surface area contributed by atoms with Gasteiger partial charge in [-0.3, -0.25) is 4.79 Å². The topological polar surface area (TPSA) is 58.1 Å². The molecule has 128 valence electrons. The number of benzene rings is 1. The van der Waals surface area contributed by atoms with Crippen LogP contribution >= 0.6 is 11.3 Å². The number of anilines is 1. The molecule has 0 bridgehead atoms. The summed E-state index contributed by atoms with van der Waals surface area (Å²) in [6.45, 7) is 2.44. The molecule has 6 heteroatoms. The molecule has 1 fully saturated rings. The molecule has 0 spiro atoms. The van der Waals surface area contributed by atoms with E-state index in [9.17, 15) is 4.79 Å². The van der Waals surface area contributed by atoms with Gasteiger partial charge in [0.1, 0.15) is 0 Å². The smallest absolute Gasteiger partial charge is 0.261 e. The number of carbonyl (C=O) groups is 1. The number of rotatable bonds is 4. The monoisotopic (exact) mass is 352 g/mol. The first-order valence-corrected chi connectivity index (χ1v) is 9.45. The van der Waals surface area contributed by atoms with Gasteiger partial charge < -0.3 is 10.2 Å². The van der Waals surface area contributed by atoms with Crippen LogP contribution in [0.2, 0.25) is 0 Å². The maximum atomic E-state index is 12.4. The Bertz CT molecular complexity index is 853. The average molecular weight is 352 g/mol. The van der Waals surface area contributed by atoms with Crippen LogP contribution in [0.1, 0.15) is 34.6 Å². The second-order valence-corrected chi connectivity index (χ2v) is 7.31. The number of carbonyl (C=O) groups excluding carboxylic acids is 1. The molecule has 0 radical (unpaired) electrons. The molecule has 1 amide bonds. The molecule has 3 heterocycles. The van der Waals surface area contributed by atoms with E-state index in [-0.39, 0.29) is 5.91 Å². The van der Waals surface area contributed by atoms with Crippen LogP contribution in [0.4, 0.5) is 5.95 Å². The van der Waals surface area contributed by atoms with Gasteiger partial charge >= 0.3 is 0 Å². The van der Waals surface area contributed by atoms with Crippen molar-refractivity contribution < 1.29 is 4.79 Å². The quantitative estimate of drug-likeness (QED) is 0.779. The molecular weight excluding hydrogens is 332 g/mol. The van der Waals surface area contributed by atoms with Gasteiger partial charge in [-0.15, -0.1) is 11.3 Å². The zero-order chi connectivity index (χ0) is 17.1. The minimum atomic E-state index is -0.0562. The minimum absolute atomic E-state index is 0.0562. The lowest BCUT2D eigenvalue weighted by molar-refractivity contribution is 0.0954. The van der Waals surface area contributed by atoms with Crippen molar-refractivity contribution in [3.8, 4) is 0 Å². The molecule has 0 saturated carbocycles. The zero-order valence-electron chi connectivity index (χ0n) is 13.9. The standard InChI is InChI=1S/C19H20N4OS/c24-18(17-12-14-6-2-3-7-16(14)25-17)21-13-15-8-9-20-19(22-15)23-10-4-1-5-11-23/h2-3,6-9,12H,1,4-5,10-11,13H2,(H,21,24). The highest BCUT2D eigenvalue weighted by molar-refractivity contribution is 7.20. The summed E-state index contributed by atoms with van der Waals surface area (Å²) < 4.78 is 1.13. The number of amides is 1. The fraction of sp³-hybridized carbons (Fsp3) is 0.316. The Morgan fingerprint density at radius 2 is 2.00 bits per heavy atom. The number of nitrogens with one attached hydrogen (secondary N) is 1. The van der Waals surface area contributed by atoms with Crippen LogP contribution in [0, 0.1) is 0 Å². The van der Waals surface area contributed by atoms with Crippen LogP contribution < -0.4 is 10.2 Å². The summed E-state index contributed by atoms with van der Waals surface area (Å²) in [6.07, 6.45) is 5.44. The Hall–Kier alpha value is -2.47. The number of fused-ring (bicyclic) bond motifs is 1. The summed E-state index contributed by atoms with van der Waals surface area (Å²) in [6, 6.07) is 11.8. The molecule has 25 heavy (non-hydrogen) atoms. The van der Waals surface area contributed by atoms with Gasteiger partial charge in [-0.2, -0.15) is 0 Å². The van der Waals surface area contributed by atoms with Gasteiger partial charge in [0.25, 0.3) is 5.91 Å². The van der Waals surface area contributed by atoms with Gasteiger partial charge in [0.2, 0.25) is 5.95 Å². The second-order valence-electron chi connectivity index (χ2n) is 6.23. The lowest BCUT2D eigenvalue weighted by Gasteiger charge is -2.26. The zero-order valence-corrected chi connectivity index (χ0v) is 14.8. The maximum Gasteiger partial charge on any atom is 0.261 e. The van der Waals surface area contributed by atoms with Gasteiger partial charge in [0.05, 0.1) is 17.1 Å². The molecule has 0 aliphatic carbocycles. The van der Waals surface area contributed by atoms with Crippen molar-refractivity contribution >= 4 is 33.3 Å². The van der Waals surface area contributed by atoms with Crippen molar-refractivity contribution in [2.45, 2.75) is 25.8 Å². The number of piperidine rings is 1. The number of thiophene rings is 1. The van der Waals surface area contributed by atoms with Crippen molar-refractivity contribution in [1.82, 2.24) is 15.3 Å². The van der Waals surface area contributed by atoms with Gasteiger partial charge in [0.15, 0.2) is 0 Å². The molecule has 1 aromatic carbocycles. The largest absolute Gasteiger partial charge is 0.346 e. The summed E-state index contributed by atoms with van der Waals surface area (Å²) in [4.78, 5) is 24.4. The summed E-state index contributed by atoms with van der Waals surface area (Å²) in [5.74, 6) is 0.715. The van der Waals surface area contributed by atoms with E-state index in [1.807, 2.05) is 36.4 Å². The predicted molar refractivity (Wildman–Crippen MR) is 101 cm³/mol. The molecule has 1 aliphatic rings. The highest BCUT2D eigenvalue weighted by atomic mass is 32.1. The predicted octanol–water partition coefficient (Wildman–Crippen LogP) is 3.61. The Morgan fingerprint density at radius 3 is 2.84 bits per heavy atom. The molecule has 2 aromatic heterocycles. The second kappa shape index (κ2) is 7.19. The molecular formula is C19H20N4OS. The van der Waals surface area contributed by atoms with Crippen molar-refractivity contribution in [2.24, 2.45) is 0 Å². The van der Waals surface area contributed by atoms with Crippen molar-refractivity contribution in [3.05, 3.63) is 53.2 Å². The van der Waals surface area contributed by atoms with Gasteiger partial charge in [-0.05, 0) is 42.8 Å². The van der Waals surface area contributed by atoms with Crippen LogP contribution in [-0.4, -0.2) is 29.0 Å². The third-order valence-corrected chi connectivity index (χ3v) is 5.53. The van der Waals surface area contributed by atoms with Gasteiger partial charge in [-0.25, -0.2) is 9.97 Å². The Morgan fingerprint density at radius 1 is 1.16 bits per heavy atom. The van der Waals surface area contributed by atoms with Gasteiger partial charge in [0, 0.05) is 24.0 Å². The van der Waals surface area contributed by atoms with E-state index in [0.29, 0.717) is 6.54 Å². The highest BCUT2D eigenvalue weighted by Gasteiger charge is 2.14. The van der Waals surface area contributed by atoms with Crippen LogP contribution in [0.25, 0.3) is 10.1 Å². The maximum absolute atomic E-state index is 12.4. The fourth-order valence-electron chi connectivity index (χ4n) is 3.08. The summed E-state index contributed by atoms with van der Waals surface area (Å²) in [7, 11) is 0. The van der Waals surface area contributed by atoms with E-state index >= 15 is 0 Å². The van der Waals surface area contributed by atoms with Crippen molar-refractivity contribution in [3.63, 3.8) is 0 Å². The Balaban J connectivity index is 1.42. The van der Waals surface area contributed by atoms with Crippen molar-refractivity contribution in [2.75, 3.05) is 18.0 Å². The summed E-state index contributed by atoms with van der Waals surface area (Å²) in [5.41, 5.74) is 0.838. The lowest BCUT2D eigenvalue weighted by Crippen LogP contribution is -2.31. The minimum Gasteiger partial charge on any atom is -0.346 e. The Labute approximate surface area is 150 Å². The van der Waals surface area contributed by atoms with Crippen LogP contribution in [0.15, 0.2) is 42.6 Å². The molecule has 3 aromatic rings. The van der Waals surface area contributed by atoms with E-state index in [1.165, 1.54) is 30.6 Å². The first kappa shape index (κ1) is 16.0. The van der Waals surface area contributed by atoms with Crippen LogP contribution in [0.5, 0.6) is 0 Å². The number of aromatic nitrogens is 2. The number of hydrogen-bond acceptors (Lipinski definition) is 5. The normalized spacial score (nSPS) is 14.6. The van der Waals surface area contributed by atoms with Gasteiger partial charge in [-0.1, -0.05) is 18.2 Å². The molecule has 5 nitrogen and oxygen atoms in total. The fourth-order valence-corrected chi connectivity index (χ4v) is 4.06.